The quantitative estimate of drug-likeness (QED) is 0.785. The summed E-state index contributed by atoms with van der Waals surface area (Å²) < 4.78 is 10.9. The minimum absolute atomic E-state index is 0.0570. The number of rotatable bonds is 2. The molecule has 7 heteroatoms. The molecule has 0 bridgehead atoms. The minimum atomic E-state index is -0.490. The van der Waals surface area contributed by atoms with E-state index in [2.05, 4.69) is 0 Å². The molecule has 146 valence electrons. The number of nitrogens with zero attached hydrogens (tertiary/aromatic N) is 2. The lowest BCUT2D eigenvalue weighted by Gasteiger charge is -2.44. The van der Waals surface area contributed by atoms with E-state index in [1.165, 1.54) is 12.1 Å². The molecule has 1 aromatic heterocycles. The predicted molar refractivity (Wildman–Crippen MR) is 97.5 cm³/mol. The van der Waals surface area contributed by atoms with E-state index in [9.17, 15) is 14.4 Å². The van der Waals surface area contributed by atoms with Crippen molar-refractivity contribution in [3.05, 3.63) is 33.9 Å². The predicted octanol–water partition coefficient (Wildman–Crippen LogP) is 1.58. The van der Waals surface area contributed by atoms with Crippen LogP contribution < -0.4 is 5.43 Å². The van der Waals surface area contributed by atoms with Gasteiger partial charge in [0.05, 0.1) is 5.41 Å². The summed E-state index contributed by atoms with van der Waals surface area (Å²) in [7, 11) is 0. The maximum Gasteiger partial charge on any atom is 0.289 e. The van der Waals surface area contributed by atoms with Gasteiger partial charge in [-0.05, 0) is 39.0 Å². The van der Waals surface area contributed by atoms with E-state index < -0.39 is 5.41 Å². The molecule has 27 heavy (non-hydrogen) atoms. The van der Waals surface area contributed by atoms with Crippen molar-refractivity contribution in [2.24, 2.45) is 5.41 Å². The van der Waals surface area contributed by atoms with Gasteiger partial charge in [-0.3, -0.25) is 14.4 Å². The van der Waals surface area contributed by atoms with Crippen molar-refractivity contribution in [1.82, 2.24) is 9.80 Å². The first-order chi connectivity index (χ1) is 13.0. The zero-order valence-electron chi connectivity index (χ0n) is 15.7. The Kier molecular flexibility index (Phi) is 4.80. The van der Waals surface area contributed by atoms with Crippen molar-refractivity contribution in [1.29, 1.82) is 0 Å². The summed E-state index contributed by atoms with van der Waals surface area (Å²) >= 11 is 0. The van der Waals surface area contributed by atoms with Gasteiger partial charge < -0.3 is 19.0 Å². The third-order valence-electron chi connectivity index (χ3n) is 6.14. The van der Waals surface area contributed by atoms with Gasteiger partial charge in [-0.15, -0.1) is 0 Å². The summed E-state index contributed by atoms with van der Waals surface area (Å²) in [5, 5.41) is 0. The number of hydrogen-bond donors (Lipinski definition) is 0. The summed E-state index contributed by atoms with van der Waals surface area (Å²) in [5.41, 5.74) is -0.730. The molecule has 2 amide bonds. The minimum Gasteiger partial charge on any atom is -0.456 e. The number of aryl methyl sites for hydroxylation is 1. The lowest BCUT2D eigenvalue weighted by atomic mass is 9.77. The highest BCUT2D eigenvalue weighted by Gasteiger charge is 2.50. The number of carbonyl (C=O) groups excluding carboxylic acids is 2. The highest BCUT2D eigenvalue weighted by molar-refractivity contribution is 5.93. The first kappa shape index (κ1) is 18.2. The van der Waals surface area contributed by atoms with Gasteiger partial charge in [0, 0.05) is 51.0 Å². The van der Waals surface area contributed by atoms with Crippen molar-refractivity contribution in [2.45, 2.75) is 45.1 Å². The fourth-order valence-corrected chi connectivity index (χ4v) is 4.74. The summed E-state index contributed by atoms with van der Waals surface area (Å²) in [4.78, 5) is 41.6. The number of piperidine rings is 1. The van der Waals surface area contributed by atoms with Crippen LogP contribution in [0.25, 0.3) is 0 Å². The Morgan fingerprint density at radius 2 is 1.93 bits per heavy atom. The van der Waals surface area contributed by atoms with E-state index in [1.54, 1.807) is 11.8 Å². The average Bonchev–Trinajstić information content (AvgIpc) is 3.08. The number of carbonyl (C=O) groups is 2. The third-order valence-corrected chi connectivity index (χ3v) is 6.14. The molecule has 0 unspecified atom stereocenters. The van der Waals surface area contributed by atoms with Gasteiger partial charge >= 0.3 is 0 Å². The van der Waals surface area contributed by atoms with Crippen molar-refractivity contribution in [3.63, 3.8) is 0 Å². The molecule has 3 aliphatic rings. The number of ether oxygens (including phenoxy) is 1. The molecule has 4 heterocycles. The van der Waals surface area contributed by atoms with Crippen LogP contribution in [0.3, 0.4) is 0 Å². The maximum atomic E-state index is 13.3. The normalized spacial score (nSPS) is 26.8. The van der Waals surface area contributed by atoms with Gasteiger partial charge in [0.25, 0.3) is 5.91 Å². The summed E-state index contributed by atoms with van der Waals surface area (Å²) in [6.07, 6.45) is 4.23. The molecule has 0 aliphatic carbocycles. The van der Waals surface area contributed by atoms with E-state index in [0.717, 1.165) is 32.2 Å². The monoisotopic (exact) mass is 374 g/mol. The van der Waals surface area contributed by atoms with E-state index in [1.807, 2.05) is 4.90 Å². The lowest BCUT2D eigenvalue weighted by Crippen LogP contribution is -2.55. The third kappa shape index (κ3) is 3.40. The van der Waals surface area contributed by atoms with Crippen LogP contribution in [0.15, 0.2) is 21.3 Å². The number of hydrogen-bond acceptors (Lipinski definition) is 5. The van der Waals surface area contributed by atoms with Crippen LogP contribution in [-0.4, -0.2) is 60.5 Å². The molecule has 0 saturated carbocycles. The Balaban J connectivity index is 1.50. The maximum absolute atomic E-state index is 13.3. The second-order valence-corrected chi connectivity index (χ2v) is 7.97. The molecular weight excluding hydrogens is 348 g/mol. The van der Waals surface area contributed by atoms with Gasteiger partial charge in [0.1, 0.15) is 5.76 Å². The van der Waals surface area contributed by atoms with Crippen LogP contribution >= 0.6 is 0 Å². The smallest absolute Gasteiger partial charge is 0.289 e. The summed E-state index contributed by atoms with van der Waals surface area (Å²) in [6, 6.07) is 2.85. The molecule has 1 spiro atoms. The van der Waals surface area contributed by atoms with Crippen molar-refractivity contribution < 1.29 is 18.7 Å². The fourth-order valence-electron chi connectivity index (χ4n) is 4.74. The standard InChI is InChI=1S/C20H26N2O5/c1-14-11-16(23)12-17(27-14)18(24)21-8-6-20(13-21)5-2-7-22(19(20)25)15-3-9-26-10-4-15/h11-12,15H,2-10,13H2,1H3/t20-/m0/s1. The largest absolute Gasteiger partial charge is 0.456 e. The summed E-state index contributed by atoms with van der Waals surface area (Å²) in [6.45, 7) is 4.79. The van der Waals surface area contributed by atoms with E-state index >= 15 is 0 Å². The second-order valence-electron chi connectivity index (χ2n) is 7.97. The first-order valence-electron chi connectivity index (χ1n) is 9.78. The van der Waals surface area contributed by atoms with Gasteiger partial charge in [-0.2, -0.15) is 0 Å². The van der Waals surface area contributed by atoms with Gasteiger partial charge in [-0.1, -0.05) is 0 Å². The molecule has 1 atom stereocenters. The second kappa shape index (κ2) is 7.11. The van der Waals surface area contributed by atoms with Crippen molar-refractivity contribution in [2.75, 3.05) is 32.8 Å². The number of likely N-dealkylation sites (tertiary alicyclic amines) is 2. The molecule has 3 fully saturated rings. The molecule has 3 saturated heterocycles. The lowest BCUT2D eigenvalue weighted by molar-refractivity contribution is -0.150. The Bertz CT molecular complexity index is 798. The van der Waals surface area contributed by atoms with Crippen LogP contribution in [0.1, 0.15) is 48.4 Å². The van der Waals surface area contributed by atoms with Crippen LogP contribution in [0.5, 0.6) is 0 Å². The molecule has 4 rings (SSSR count). The zero-order valence-corrected chi connectivity index (χ0v) is 15.7. The molecule has 1 aromatic rings. The van der Waals surface area contributed by atoms with Crippen LogP contribution in [-0.2, 0) is 9.53 Å². The summed E-state index contributed by atoms with van der Waals surface area (Å²) in [5.74, 6) is 0.353. The van der Waals surface area contributed by atoms with Crippen molar-refractivity contribution >= 4 is 11.8 Å². The Labute approximate surface area is 158 Å². The van der Waals surface area contributed by atoms with E-state index in [0.29, 0.717) is 38.5 Å². The molecule has 0 radical (unpaired) electrons. The molecule has 0 aromatic carbocycles. The molecular formula is C20H26N2O5. The first-order valence-corrected chi connectivity index (χ1v) is 9.78. The van der Waals surface area contributed by atoms with Crippen LogP contribution in [0.4, 0.5) is 0 Å². The molecule has 0 N–H and O–H groups in total. The van der Waals surface area contributed by atoms with E-state index in [4.69, 9.17) is 9.15 Å². The van der Waals surface area contributed by atoms with Gasteiger partial charge in [0.2, 0.25) is 5.91 Å². The fraction of sp³-hybridized carbons (Fsp3) is 0.650. The highest BCUT2D eigenvalue weighted by atomic mass is 16.5. The SMILES string of the molecule is Cc1cc(=O)cc(C(=O)N2CC[C@@]3(CCCN(C4CCOCC4)C3=O)C2)o1. The molecule has 7 nitrogen and oxygen atoms in total. The Hall–Kier alpha value is -2.15. The number of amides is 2. The topological polar surface area (TPSA) is 80.1 Å². The van der Waals surface area contributed by atoms with Gasteiger partial charge in [-0.25, -0.2) is 0 Å². The average molecular weight is 374 g/mol. The van der Waals surface area contributed by atoms with Crippen LogP contribution in [0.2, 0.25) is 0 Å². The Morgan fingerprint density at radius 1 is 1.15 bits per heavy atom. The van der Waals surface area contributed by atoms with Gasteiger partial charge in [0.15, 0.2) is 11.2 Å². The highest BCUT2D eigenvalue weighted by Crippen LogP contribution is 2.41. The van der Waals surface area contributed by atoms with Crippen LogP contribution in [0, 0.1) is 12.3 Å². The molecule has 3 aliphatic heterocycles. The Morgan fingerprint density at radius 3 is 2.67 bits per heavy atom. The van der Waals surface area contributed by atoms with Crippen molar-refractivity contribution in [3.8, 4) is 0 Å². The van der Waals surface area contributed by atoms with E-state index in [-0.39, 0.29) is 29.0 Å². The zero-order chi connectivity index (χ0) is 19.0.